The van der Waals surface area contributed by atoms with Gasteiger partial charge < -0.3 is 17.0 Å². The summed E-state index contributed by atoms with van der Waals surface area (Å²) in [6.07, 6.45) is 14.3. The molecule has 1 aliphatic heterocycles. The normalized spacial score (nSPS) is 24.0. The monoisotopic (exact) mass is 728 g/mol. The zero-order chi connectivity index (χ0) is 24.8. The van der Waals surface area contributed by atoms with Crippen molar-refractivity contribution >= 4 is 12.1 Å². The zero-order valence-electron chi connectivity index (χ0n) is 22.5. The van der Waals surface area contributed by atoms with E-state index in [1.54, 1.807) is 6.08 Å². The zero-order valence-corrected chi connectivity index (χ0v) is 26.7. The Hall–Kier alpha value is -1.88. The Bertz CT molecular complexity index is 1120. The first kappa shape index (κ1) is 31.3. The quantitative estimate of drug-likeness (QED) is 0.339. The van der Waals surface area contributed by atoms with Gasteiger partial charge >= 0.3 is 31.1 Å². The largest absolute Gasteiger partial charge is 2.00 e. The van der Waals surface area contributed by atoms with Crippen molar-refractivity contribution in [2.75, 3.05) is 6.61 Å². The Morgan fingerprint density at radius 2 is 2.03 bits per heavy atom. The molecule has 2 aliphatic rings. The van der Waals surface area contributed by atoms with Crippen LogP contribution in [-0.4, -0.2) is 38.7 Å². The number of carbonyl (C=O) groups is 1. The van der Waals surface area contributed by atoms with Gasteiger partial charge in [0.2, 0.25) is 0 Å². The van der Waals surface area contributed by atoms with E-state index in [0.717, 1.165) is 66.9 Å². The van der Waals surface area contributed by atoms with Crippen LogP contribution in [0.25, 0.3) is 11.4 Å². The number of aryl methyl sites for hydroxylation is 2. The molecule has 1 fully saturated rings. The summed E-state index contributed by atoms with van der Waals surface area (Å²) in [7, 11) is 1.91. The fourth-order valence-corrected chi connectivity index (χ4v) is 5.15. The molecule has 0 N–H and O–H groups in total. The number of hydrogen-bond acceptors (Lipinski definition) is 6. The van der Waals surface area contributed by atoms with Gasteiger partial charge in [0.15, 0.2) is 5.78 Å². The molecule has 0 saturated carbocycles. The number of ketones is 1. The molecule has 7 nitrogen and oxygen atoms in total. The standard InChI is InChI=1S/C28H35N4O3.CH3.U/c1-4-5-20-6-8-23(34)9-7-22(16-20)17-26-28(30-31-32(26)3)25-11-10-24(19(2)29-25)27-18-21(12-14-33)13-15-35-27;;/h6,8,10-11,16,21-22,27H,4-5,7,9,12-13,15,17-18H2,1-3H3;1H3;/q2*-1;+2/b8-6-,20-16-;;. The van der Waals surface area contributed by atoms with Crippen LogP contribution in [0.1, 0.15) is 74.9 Å². The van der Waals surface area contributed by atoms with Gasteiger partial charge in [-0.3, -0.25) is 20.7 Å². The fourth-order valence-electron chi connectivity index (χ4n) is 5.15. The molecule has 3 unspecified atom stereocenters. The van der Waals surface area contributed by atoms with Gasteiger partial charge in [-0.1, -0.05) is 48.3 Å². The smallest absolute Gasteiger partial charge is 0.542 e. The minimum Gasteiger partial charge on any atom is -0.542 e. The predicted molar refractivity (Wildman–Crippen MR) is 141 cm³/mol. The Kier molecular flexibility index (Phi) is 12.6. The van der Waals surface area contributed by atoms with Gasteiger partial charge in [0.1, 0.15) is 5.69 Å². The van der Waals surface area contributed by atoms with E-state index in [1.807, 2.05) is 30.8 Å². The third kappa shape index (κ3) is 8.05. The average molecular weight is 729 g/mol. The third-order valence-electron chi connectivity index (χ3n) is 7.11. The van der Waals surface area contributed by atoms with Gasteiger partial charge in [-0.2, -0.15) is 0 Å². The summed E-state index contributed by atoms with van der Waals surface area (Å²) in [6.45, 7) is 4.81. The molecule has 8 heteroatoms. The van der Waals surface area contributed by atoms with Crippen molar-refractivity contribution in [1.82, 2.24) is 20.0 Å². The van der Waals surface area contributed by atoms with Crippen molar-refractivity contribution < 1.29 is 45.4 Å². The summed E-state index contributed by atoms with van der Waals surface area (Å²) >= 11 is 0. The molecule has 2 aromatic rings. The van der Waals surface area contributed by atoms with Crippen molar-refractivity contribution in [1.29, 1.82) is 0 Å². The van der Waals surface area contributed by atoms with Gasteiger partial charge in [0, 0.05) is 31.3 Å². The molecule has 3 atom stereocenters. The maximum atomic E-state index is 12.2. The minimum atomic E-state index is -0.0485. The average Bonchev–Trinajstić information content (AvgIpc) is 3.20. The van der Waals surface area contributed by atoms with Crippen LogP contribution in [0, 0.1) is 57.3 Å². The Labute approximate surface area is 244 Å². The third-order valence-corrected chi connectivity index (χ3v) is 7.11. The van der Waals surface area contributed by atoms with E-state index in [9.17, 15) is 9.59 Å². The minimum absolute atomic E-state index is 0. The molecule has 0 radical (unpaired) electrons. The van der Waals surface area contributed by atoms with Crippen LogP contribution in [0.15, 0.2) is 35.9 Å². The SMILES string of the molecule is CCCC1=C/C(Cc2c(-c3ccc(C4CC(C[C-]=O)CCO4)c(C)n3)nnn2C)CCC(=O)/C=C\1.[CH3-].[U+2]. The number of hydrogen-bond donors (Lipinski definition) is 0. The second kappa shape index (κ2) is 14.9. The van der Waals surface area contributed by atoms with Crippen LogP contribution in [0.5, 0.6) is 0 Å². The van der Waals surface area contributed by atoms with Gasteiger partial charge in [0.05, 0.1) is 17.5 Å². The molecule has 0 aromatic carbocycles. The second-order valence-corrected chi connectivity index (χ2v) is 9.77. The summed E-state index contributed by atoms with van der Waals surface area (Å²) in [4.78, 5) is 27.9. The number of nitrogens with zero attached hydrogens (tertiary/aromatic N) is 4. The van der Waals surface area contributed by atoms with Crippen molar-refractivity contribution in [2.24, 2.45) is 18.9 Å². The molecule has 37 heavy (non-hydrogen) atoms. The Morgan fingerprint density at radius 3 is 2.76 bits per heavy atom. The van der Waals surface area contributed by atoms with Gasteiger partial charge in [-0.15, -0.1) is 11.5 Å². The van der Waals surface area contributed by atoms with E-state index in [2.05, 4.69) is 35.7 Å². The number of rotatable bonds is 8. The molecule has 196 valence electrons. The van der Waals surface area contributed by atoms with Crippen LogP contribution in [-0.2, 0) is 27.8 Å². The van der Waals surface area contributed by atoms with Crippen LogP contribution < -0.4 is 0 Å². The van der Waals surface area contributed by atoms with Crippen LogP contribution in [0.4, 0.5) is 0 Å². The molecule has 3 heterocycles. The first-order chi connectivity index (χ1) is 17.0. The summed E-state index contributed by atoms with van der Waals surface area (Å²) in [6, 6.07) is 4.07. The molecule has 2 aromatic heterocycles. The molecule has 0 amide bonds. The first-order valence-corrected chi connectivity index (χ1v) is 12.7. The van der Waals surface area contributed by atoms with Crippen molar-refractivity contribution in [2.45, 2.75) is 71.3 Å². The van der Waals surface area contributed by atoms with Crippen LogP contribution in [0.2, 0.25) is 0 Å². The summed E-state index contributed by atoms with van der Waals surface area (Å²) in [5, 5.41) is 8.76. The summed E-state index contributed by atoms with van der Waals surface area (Å²) in [5.74, 6) is 0.739. The number of pyridine rings is 1. The number of carbonyl (C=O) groups excluding carboxylic acids is 2. The van der Waals surface area contributed by atoms with Crippen LogP contribution in [0.3, 0.4) is 0 Å². The molecule has 0 spiro atoms. The number of allylic oxidation sites excluding steroid dienone is 4. The molecule has 1 saturated heterocycles. The van der Waals surface area contributed by atoms with Gasteiger partial charge in [-0.05, 0) is 57.1 Å². The van der Waals surface area contributed by atoms with E-state index in [4.69, 9.17) is 9.72 Å². The molecular weight excluding hydrogens is 690 g/mol. The van der Waals surface area contributed by atoms with Gasteiger partial charge in [-0.25, -0.2) is 0 Å². The van der Waals surface area contributed by atoms with E-state index < -0.39 is 0 Å². The summed E-state index contributed by atoms with van der Waals surface area (Å²) < 4.78 is 7.84. The topological polar surface area (TPSA) is 87.0 Å². The fraction of sp³-hybridized carbons (Fsp3) is 0.517. The Balaban J connectivity index is 0.00000241. The first-order valence-electron chi connectivity index (χ1n) is 12.7. The van der Waals surface area contributed by atoms with Crippen molar-refractivity contribution in [3.63, 3.8) is 0 Å². The second-order valence-electron chi connectivity index (χ2n) is 9.77. The molecule has 4 rings (SSSR count). The van der Waals surface area contributed by atoms with E-state index in [-0.39, 0.29) is 56.3 Å². The predicted octanol–water partition coefficient (Wildman–Crippen LogP) is 5.41. The van der Waals surface area contributed by atoms with Crippen LogP contribution >= 0.6 is 0 Å². The molecule has 1 aliphatic carbocycles. The van der Waals surface area contributed by atoms with Gasteiger partial charge in [0.25, 0.3) is 0 Å². The summed E-state index contributed by atoms with van der Waals surface area (Å²) in [5.41, 5.74) is 5.80. The van der Waals surface area contributed by atoms with Crippen molar-refractivity contribution in [3.05, 3.63) is 60.3 Å². The van der Waals surface area contributed by atoms with E-state index in [0.29, 0.717) is 25.4 Å². The molecule has 0 bridgehead atoms. The van der Waals surface area contributed by atoms with E-state index in [1.165, 1.54) is 5.57 Å². The molecular formula is C29H38N4O3U. The van der Waals surface area contributed by atoms with E-state index >= 15 is 0 Å². The maximum Gasteiger partial charge on any atom is 2.00 e. The number of aromatic nitrogens is 4. The maximum absolute atomic E-state index is 12.2. The Morgan fingerprint density at radius 1 is 1.22 bits per heavy atom. The number of ether oxygens (including phenoxy) is 1. The van der Waals surface area contributed by atoms with Crippen molar-refractivity contribution in [3.8, 4) is 11.4 Å².